The molecule has 4 aromatic rings. The number of benzene rings is 2. The molecule has 0 atom stereocenters. The Morgan fingerprint density at radius 3 is 2.38 bits per heavy atom. The number of sulfonamides is 1. The molecule has 0 spiro atoms. The number of pyridine rings is 1. The first-order valence-electron chi connectivity index (χ1n) is 8.18. The maximum Gasteiger partial charge on any atom is 0.240 e. The van der Waals surface area contributed by atoms with Gasteiger partial charge in [0.15, 0.2) is 0 Å². The van der Waals surface area contributed by atoms with E-state index >= 15 is 0 Å². The van der Waals surface area contributed by atoms with E-state index in [1.165, 1.54) is 0 Å². The van der Waals surface area contributed by atoms with Crippen LogP contribution in [0.25, 0.3) is 22.0 Å². The van der Waals surface area contributed by atoms with Crippen LogP contribution in [0.4, 0.5) is 0 Å². The second-order valence-corrected chi connectivity index (χ2v) is 7.75. The molecular formula is C20H17N3O2S. The lowest BCUT2D eigenvalue weighted by atomic mass is 10.0. The molecular weight excluding hydrogens is 346 g/mol. The third kappa shape index (κ3) is 3.37. The second kappa shape index (κ2) is 6.74. The summed E-state index contributed by atoms with van der Waals surface area (Å²) in [5.74, 6) is 0. The van der Waals surface area contributed by atoms with Crippen molar-refractivity contribution in [2.45, 2.75) is 11.4 Å². The maximum atomic E-state index is 12.5. The first kappa shape index (κ1) is 16.5. The van der Waals surface area contributed by atoms with Gasteiger partial charge in [0, 0.05) is 30.7 Å². The fraction of sp³-hybridized carbons (Fsp3) is 0.0500. The molecule has 4 rings (SSSR count). The Morgan fingerprint density at radius 2 is 1.62 bits per heavy atom. The van der Waals surface area contributed by atoms with Crippen molar-refractivity contribution < 1.29 is 8.42 Å². The zero-order valence-electron chi connectivity index (χ0n) is 13.9. The van der Waals surface area contributed by atoms with Crippen LogP contribution in [0.5, 0.6) is 0 Å². The van der Waals surface area contributed by atoms with Gasteiger partial charge in [0.2, 0.25) is 10.0 Å². The highest BCUT2D eigenvalue weighted by molar-refractivity contribution is 7.89. The van der Waals surface area contributed by atoms with Crippen LogP contribution < -0.4 is 4.72 Å². The molecule has 0 aliphatic rings. The molecule has 130 valence electrons. The fourth-order valence-electron chi connectivity index (χ4n) is 2.82. The Labute approximate surface area is 151 Å². The first-order chi connectivity index (χ1) is 12.6. The van der Waals surface area contributed by atoms with Crippen LogP contribution in [-0.4, -0.2) is 18.4 Å². The van der Waals surface area contributed by atoms with E-state index in [0.29, 0.717) is 0 Å². The number of hydrogen-bond acceptors (Lipinski definition) is 3. The van der Waals surface area contributed by atoms with Crippen LogP contribution in [0.3, 0.4) is 0 Å². The summed E-state index contributed by atoms with van der Waals surface area (Å²) in [6.07, 6.45) is 5.18. The van der Waals surface area contributed by atoms with Crippen molar-refractivity contribution in [1.82, 2.24) is 14.7 Å². The summed E-state index contributed by atoms with van der Waals surface area (Å²) in [6.45, 7) is 0.232. The van der Waals surface area contributed by atoms with E-state index < -0.39 is 10.0 Å². The number of hydrogen-bond donors (Lipinski definition) is 2. The van der Waals surface area contributed by atoms with Gasteiger partial charge in [-0.15, -0.1) is 0 Å². The molecule has 0 saturated carbocycles. The smallest absolute Gasteiger partial charge is 0.240 e. The van der Waals surface area contributed by atoms with E-state index in [1.54, 1.807) is 36.7 Å². The number of rotatable bonds is 5. The van der Waals surface area contributed by atoms with Gasteiger partial charge in [-0.05, 0) is 58.5 Å². The summed E-state index contributed by atoms with van der Waals surface area (Å²) in [7, 11) is -3.56. The molecule has 2 aromatic heterocycles. The Kier molecular flexibility index (Phi) is 4.28. The second-order valence-electron chi connectivity index (χ2n) is 5.98. The topological polar surface area (TPSA) is 74.8 Å². The van der Waals surface area contributed by atoms with E-state index in [-0.39, 0.29) is 11.4 Å². The van der Waals surface area contributed by atoms with E-state index in [9.17, 15) is 8.42 Å². The third-order valence-electron chi connectivity index (χ3n) is 4.27. The lowest BCUT2D eigenvalue weighted by Gasteiger charge is -2.08. The van der Waals surface area contributed by atoms with Gasteiger partial charge in [-0.2, -0.15) is 0 Å². The molecule has 0 bridgehead atoms. The van der Waals surface area contributed by atoms with Gasteiger partial charge in [0.25, 0.3) is 0 Å². The number of H-pyrrole nitrogens is 1. The van der Waals surface area contributed by atoms with Crippen LogP contribution in [0.2, 0.25) is 0 Å². The van der Waals surface area contributed by atoms with Gasteiger partial charge < -0.3 is 4.98 Å². The fourth-order valence-corrected chi connectivity index (χ4v) is 3.83. The third-order valence-corrected chi connectivity index (χ3v) is 5.69. The van der Waals surface area contributed by atoms with E-state index in [0.717, 1.165) is 27.6 Å². The summed E-state index contributed by atoms with van der Waals surface area (Å²) in [4.78, 5) is 7.36. The summed E-state index contributed by atoms with van der Waals surface area (Å²) in [5.41, 5.74) is 3.92. The van der Waals surface area contributed by atoms with E-state index in [4.69, 9.17) is 0 Å². The predicted molar refractivity (Wildman–Crippen MR) is 102 cm³/mol. The molecule has 2 heterocycles. The number of nitrogens with one attached hydrogen (secondary N) is 2. The largest absolute Gasteiger partial charge is 0.361 e. The van der Waals surface area contributed by atoms with E-state index in [2.05, 4.69) is 20.8 Å². The van der Waals surface area contributed by atoms with Crippen LogP contribution in [0.15, 0.2) is 84.1 Å². The average Bonchev–Trinajstić information content (AvgIpc) is 3.15. The van der Waals surface area contributed by atoms with Gasteiger partial charge in [0.05, 0.1) is 4.90 Å². The van der Waals surface area contributed by atoms with Crippen molar-refractivity contribution in [2.24, 2.45) is 0 Å². The molecule has 0 radical (unpaired) electrons. The average molecular weight is 363 g/mol. The van der Waals surface area contributed by atoms with Crippen LogP contribution in [-0.2, 0) is 16.6 Å². The number of aromatic nitrogens is 2. The molecule has 0 amide bonds. The predicted octanol–water partition coefficient (Wildman–Crippen LogP) is 3.71. The molecule has 26 heavy (non-hydrogen) atoms. The molecule has 0 aliphatic carbocycles. The molecule has 2 aromatic carbocycles. The number of fused-ring (bicyclic) bond motifs is 1. The number of nitrogens with zero attached hydrogens (tertiary/aromatic N) is 1. The summed E-state index contributed by atoms with van der Waals surface area (Å²) < 4.78 is 27.5. The quantitative estimate of drug-likeness (QED) is 0.568. The van der Waals surface area contributed by atoms with Crippen molar-refractivity contribution in [1.29, 1.82) is 0 Å². The SMILES string of the molecule is O=S(=O)(NCc1ccncc1)c1ccc(-c2ccc3cc[nH]c3c2)cc1. The lowest BCUT2D eigenvalue weighted by molar-refractivity contribution is 0.581. The highest BCUT2D eigenvalue weighted by Crippen LogP contribution is 2.25. The summed E-state index contributed by atoms with van der Waals surface area (Å²) in [6, 6.07) is 18.6. The standard InChI is InChI=1S/C20H17N3O2S/c24-26(25,23-14-15-7-10-21-11-8-15)19-5-3-16(4-6-19)18-2-1-17-9-12-22-20(17)13-18/h1-13,22-23H,14H2. The minimum atomic E-state index is -3.56. The normalized spacial score (nSPS) is 11.7. The van der Waals surface area contributed by atoms with Gasteiger partial charge in [-0.3, -0.25) is 4.98 Å². The first-order valence-corrected chi connectivity index (χ1v) is 9.66. The van der Waals surface area contributed by atoms with Crippen molar-refractivity contribution in [2.75, 3.05) is 0 Å². The van der Waals surface area contributed by atoms with Gasteiger partial charge in [-0.1, -0.05) is 24.3 Å². The zero-order valence-corrected chi connectivity index (χ0v) is 14.7. The van der Waals surface area contributed by atoms with Crippen LogP contribution in [0.1, 0.15) is 5.56 Å². The molecule has 2 N–H and O–H groups in total. The molecule has 6 heteroatoms. The maximum absolute atomic E-state index is 12.5. The molecule has 0 saturated heterocycles. The molecule has 0 aliphatic heterocycles. The summed E-state index contributed by atoms with van der Waals surface area (Å²) in [5, 5.41) is 1.15. The Morgan fingerprint density at radius 1 is 0.885 bits per heavy atom. The van der Waals surface area contributed by atoms with Crippen molar-refractivity contribution in [3.05, 3.63) is 84.8 Å². The van der Waals surface area contributed by atoms with E-state index in [1.807, 2.05) is 36.5 Å². The Hall–Kier alpha value is -2.96. The minimum Gasteiger partial charge on any atom is -0.361 e. The van der Waals surface area contributed by atoms with Crippen molar-refractivity contribution >= 4 is 20.9 Å². The van der Waals surface area contributed by atoms with Crippen LogP contribution >= 0.6 is 0 Å². The monoisotopic (exact) mass is 363 g/mol. The zero-order chi connectivity index (χ0) is 18.0. The minimum absolute atomic E-state index is 0.232. The Bertz CT molecular complexity index is 1130. The summed E-state index contributed by atoms with van der Waals surface area (Å²) >= 11 is 0. The molecule has 0 fully saturated rings. The van der Waals surface area contributed by atoms with Crippen LogP contribution in [0, 0.1) is 0 Å². The Balaban J connectivity index is 1.54. The highest BCUT2D eigenvalue weighted by atomic mass is 32.2. The van der Waals surface area contributed by atoms with Gasteiger partial charge >= 0.3 is 0 Å². The molecule has 5 nitrogen and oxygen atoms in total. The van der Waals surface area contributed by atoms with Gasteiger partial charge in [-0.25, -0.2) is 13.1 Å². The van der Waals surface area contributed by atoms with Crippen molar-refractivity contribution in [3.8, 4) is 11.1 Å². The molecule has 0 unspecified atom stereocenters. The number of aromatic amines is 1. The van der Waals surface area contributed by atoms with Gasteiger partial charge in [0.1, 0.15) is 0 Å². The highest BCUT2D eigenvalue weighted by Gasteiger charge is 2.13. The lowest BCUT2D eigenvalue weighted by Crippen LogP contribution is -2.23. The van der Waals surface area contributed by atoms with Crippen molar-refractivity contribution in [3.63, 3.8) is 0 Å².